The van der Waals surface area contributed by atoms with Crippen LogP contribution in [0, 0.1) is 0 Å². The number of carbonyl (C=O) groups is 1. The van der Waals surface area contributed by atoms with Gasteiger partial charge in [0, 0.05) is 29.5 Å². The molecule has 100 valence electrons. The fourth-order valence-electron chi connectivity index (χ4n) is 1.87. The van der Waals surface area contributed by atoms with Gasteiger partial charge in [-0.05, 0) is 6.92 Å². The highest BCUT2D eigenvalue weighted by molar-refractivity contribution is 8.00. The first-order chi connectivity index (χ1) is 8.69. The van der Waals surface area contributed by atoms with Gasteiger partial charge in [-0.25, -0.2) is 4.98 Å². The van der Waals surface area contributed by atoms with Gasteiger partial charge in [0.15, 0.2) is 5.13 Å². The summed E-state index contributed by atoms with van der Waals surface area (Å²) in [5.41, 5.74) is 0.819. The van der Waals surface area contributed by atoms with Gasteiger partial charge < -0.3 is 9.64 Å². The lowest BCUT2D eigenvalue weighted by molar-refractivity contribution is -0.142. The average Bonchev–Trinajstić information content (AvgIpc) is 2.78. The van der Waals surface area contributed by atoms with Crippen molar-refractivity contribution in [2.24, 2.45) is 0 Å². The zero-order valence-corrected chi connectivity index (χ0v) is 12.4. The zero-order valence-electron chi connectivity index (χ0n) is 10.7. The number of nitrogens with zero attached hydrogens (tertiary/aromatic N) is 2. The lowest BCUT2D eigenvalue weighted by Crippen LogP contribution is -2.36. The van der Waals surface area contributed by atoms with Gasteiger partial charge in [-0.2, -0.15) is 11.8 Å². The maximum absolute atomic E-state index is 11.4. The molecule has 4 nitrogen and oxygen atoms in total. The molecule has 0 amide bonds. The molecule has 0 N–H and O–H groups in total. The van der Waals surface area contributed by atoms with E-state index in [1.165, 1.54) is 0 Å². The quantitative estimate of drug-likeness (QED) is 0.794. The summed E-state index contributed by atoms with van der Waals surface area (Å²) in [6.45, 7) is 6.57. The second-order valence-electron chi connectivity index (χ2n) is 4.23. The topological polar surface area (TPSA) is 42.4 Å². The molecule has 1 saturated heterocycles. The van der Waals surface area contributed by atoms with Crippen LogP contribution in [-0.4, -0.2) is 41.7 Å². The summed E-state index contributed by atoms with van der Waals surface area (Å²) in [6.07, 6.45) is 0.280. The molecule has 0 saturated carbocycles. The highest BCUT2D eigenvalue weighted by Crippen LogP contribution is 2.26. The molecule has 0 aliphatic carbocycles. The van der Waals surface area contributed by atoms with Crippen molar-refractivity contribution >= 4 is 34.2 Å². The molecule has 1 atom stereocenters. The van der Waals surface area contributed by atoms with Crippen LogP contribution in [0.4, 0.5) is 5.13 Å². The summed E-state index contributed by atoms with van der Waals surface area (Å²) in [5, 5.41) is 3.64. The third kappa shape index (κ3) is 3.62. The van der Waals surface area contributed by atoms with Crippen LogP contribution >= 0.6 is 23.1 Å². The molecular weight excluding hydrogens is 268 g/mol. The van der Waals surface area contributed by atoms with Crippen LogP contribution in [0.2, 0.25) is 0 Å². The number of thiazole rings is 1. The Hall–Kier alpha value is -0.750. The minimum absolute atomic E-state index is 0.197. The Morgan fingerprint density at radius 1 is 1.67 bits per heavy atom. The predicted octanol–water partition coefficient (Wildman–Crippen LogP) is 2.19. The Kier molecular flexibility index (Phi) is 4.88. The van der Waals surface area contributed by atoms with Crippen molar-refractivity contribution < 1.29 is 9.53 Å². The zero-order chi connectivity index (χ0) is 13.0. The number of thioether (sulfide) groups is 1. The fraction of sp³-hybridized carbons (Fsp3) is 0.667. The van der Waals surface area contributed by atoms with Gasteiger partial charge in [-0.3, -0.25) is 4.79 Å². The maximum atomic E-state index is 11.4. The molecule has 2 heterocycles. The largest absolute Gasteiger partial charge is 0.466 e. The van der Waals surface area contributed by atoms with Crippen LogP contribution in [0.5, 0.6) is 0 Å². The number of carbonyl (C=O) groups excluding carboxylic acids is 1. The van der Waals surface area contributed by atoms with Crippen molar-refractivity contribution in [3.63, 3.8) is 0 Å². The number of anilines is 1. The minimum atomic E-state index is -0.197. The van der Waals surface area contributed by atoms with Gasteiger partial charge in [0.2, 0.25) is 0 Å². The van der Waals surface area contributed by atoms with Gasteiger partial charge >= 0.3 is 5.97 Å². The molecule has 1 aromatic rings. The lowest BCUT2D eigenvalue weighted by Gasteiger charge is -2.30. The smallest absolute Gasteiger partial charge is 0.311 e. The Morgan fingerprint density at radius 3 is 3.22 bits per heavy atom. The molecule has 0 radical (unpaired) electrons. The highest BCUT2D eigenvalue weighted by Gasteiger charge is 2.19. The van der Waals surface area contributed by atoms with Gasteiger partial charge in [0.05, 0.1) is 18.7 Å². The standard InChI is InChI=1S/C12H18N2O2S2/c1-3-16-11(15)6-10-8-18-12(13-10)14-4-5-17-9(2)7-14/h8-9H,3-7H2,1-2H3. The number of hydrogen-bond acceptors (Lipinski definition) is 6. The summed E-state index contributed by atoms with van der Waals surface area (Å²) in [6, 6.07) is 0. The van der Waals surface area contributed by atoms with Crippen LogP contribution in [-0.2, 0) is 16.0 Å². The van der Waals surface area contributed by atoms with Gasteiger partial charge in [0.1, 0.15) is 0 Å². The second-order valence-corrected chi connectivity index (χ2v) is 6.61. The highest BCUT2D eigenvalue weighted by atomic mass is 32.2. The van der Waals surface area contributed by atoms with Crippen molar-refractivity contribution in [1.29, 1.82) is 0 Å². The molecule has 6 heteroatoms. The minimum Gasteiger partial charge on any atom is -0.466 e. The van der Waals surface area contributed by atoms with Crippen LogP contribution in [0.1, 0.15) is 19.5 Å². The Morgan fingerprint density at radius 2 is 2.50 bits per heavy atom. The van der Waals surface area contributed by atoms with Crippen molar-refractivity contribution in [3.05, 3.63) is 11.1 Å². The lowest BCUT2D eigenvalue weighted by atomic mass is 10.3. The van der Waals surface area contributed by atoms with Crippen LogP contribution < -0.4 is 4.90 Å². The van der Waals surface area contributed by atoms with E-state index in [2.05, 4.69) is 16.8 Å². The summed E-state index contributed by atoms with van der Waals surface area (Å²) in [7, 11) is 0. The molecular formula is C12H18N2O2S2. The molecule has 0 aromatic carbocycles. The first kappa shape index (κ1) is 13.7. The first-order valence-corrected chi connectivity index (χ1v) is 8.08. The summed E-state index contributed by atoms with van der Waals surface area (Å²) in [4.78, 5) is 18.2. The van der Waals surface area contributed by atoms with Gasteiger partial charge in [-0.1, -0.05) is 6.92 Å². The molecule has 1 aromatic heterocycles. The SMILES string of the molecule is CCOC(=O)Cc1csc(N2CCSC(C)C2)n1. The maximum Gasteiger partial charge on any atom is 0.311 e. The molecule has 1 fully saturated rings. The monoisotopic (exact) mass is 286 g/mol. The number of ether oxygens (including phenoxy) is 1. The molecule has 0 spiro atoms. The van der Waals surface area contributed by atoms with Crippen molar-refractivity contribution in [2.75, 3.05) is 30.3 Å². The predicted molar refractivity (Wildman–Crippen MR) is 76.6 cm³/mol. The van der Waals surface area contributed by atoms with E-state index in [0.29, 0.717) is 11.9 Å². The third-order valence-corrected chi connectivity index (χ3v) is 4.77. The van der Waals surface area contributed by atoms with E-state index < -0.39 is 0 Å². The van der Waals surface area contributed by atoms with E-state index in [4.69, 9.17) is 4.74 Å². The Bertz CT molecular complexity index is 409. The second kappa shape index (κ2) is 6.43. The first-order valence-electron chi connectivity index (χ1n) is 6.15. The van der Waals surface area contributed by atoms with Crippen LogP contribution in [0.25, 0.3) is 0 Å². The number of rotatable bonds is 4. The van der Waals surface area contributed by atoms with E-state index in [-0.39, 0.29) is 12.4 Å². The van der Waals surface area contributed by atoms with Crippen LogP contribution in [0.15, 0.2) is 5.38 Å². The molecule has 1 aliphatic rings. The Balaban J connectivity index is 1.95. The van der Waals surface area contributed by atoms with Gasteiger partial charge in [-0.15, -0.1) is 11.3 Å². The fourth-order valence-corrected chi connectivity index (χ4v) is 3.75. The molecule has 18 heavy (non-hydrogen) atoms. The van der Waals surface area contributed by atoms with E-state index in [1.54, 1.807) is 11.3 Å². The van der Waals surface area contributed by atoms with Crippen LogP contribution in [0.3, 0.4) is 0 Å². The van der Waals surface area contributed by atoms with Crippen molar-refractivity contribution in [2.45, 2.75) is 25.5 Å². The van der Waals surface area contributed by atoms with E-state index in [1.807, 2.05) is 24.1 Å². The number of aromatic nitrogens is 1. The van der Waals surface area contributed by atoms with Crippen molar-refractivity contribution in [3.8, 4) is 0 Å². The number of esters is 1. The molecule has 2 rings (SSSR count). The molecule has 0 bridgehead atoms. The Labute approximate surface area is 116 Å². The van der Waals surface area contributed by atoms with E-state index >= 15 is 0 Å². The summed E-state index contributed by atoms with van der Waals surface area (Å²) in [5.74, 6) is 0.949. The van der Waals surface area contributed by atoms with Gasteiger partial charge in [0.25, 0.3) is 0 Å². The molecule has 1 unspecified atom stereocenters. The van der Waals surface area contributed by atoms with E-state index in [9.17, 15) is 4.79 Å². The normalized spacial score (nSPS) is 19.9. The molecule has 1 aliphatic heterocycles. The average molecular weight is 286 g/mol. The third-order valence-electron chi connectivity index (χ3n) is 2.68. The number of hydrogen-bond donors (Lipinski definition) is 0. The van der Waals surface area contributed by atoms with Crippen molar-refractivity contribution in [1.82, 2.24) is 4.98 Å². The van der Waals surface area contributed by atoms with E-state index in [0.717, 1.165) is 29.7 Å². The summed E-state index contributed by atoms with van der Waals surface area (Å²) >= 11 is 3.62. The summed E-state index contributed by atoms with van der Waals surface area (Å²) < 4.78 is 4.93.